The number of hydrogen-bond acceptors (Lipinski definition) is 4. The van der Waals surface area contributed by atoms with Crippen LogP contribution in [-0.2, 0) is 25.9 Å². The highest BCUT2D eigenvalue weighted by atomic mass is 35.5. The van der Waals surface area contributed by atoms with Crippen LogP contribution in [0.1, 0.15) is 59.6 Å². The molecule has 7 heteroatoms. The molecular weight excluding hydrogens is 546 g/mol. The third-order valence-corrected chi connectivity index (χ3v) is 8.45. The molecule has 2 aliphatic heterocycles. The molecule has 5 rings (SSSR count). The van der Waals surface area contributed by atoms with E-state index in [1.54, 1.807) is 19.2 Å². The molecule has 1 atom stereocenters. The van der Waals surface area contributed by atoms with Crippen LogP contribution in [0, 0.1) is 11.7 Å². The van der Waals surface area contributed by atoms with Gasteiger partial charge in [0.05, 0.1) is 13.2 Å². The predicted molar refractivity (Wildman–Crippen MR) is 165 cm³/mol. The number of likely N-dealkylation sites (tertiary alicyclic amines) is 1. The van der Waals surface area contributed by atoms with E-state index in [-0.39, 0.29) is 30.6 Å². The molecule has 4 nitrogen and oxygen atoms in total. The van der Waals surface area contributed by atoms with Crippen molar-refractivity contribution in [1.82, 2.24) is 9.80 Å². The summed E-state index contributed by atoms with van der Waals surface area (Å²) in [6.45, 7) is 6.08. The van der Waals surface area contributed by atoms with E-state index in [1.807, 2.05) is 24.3 Å². The van der Waals surface area contributed by atoms with Gasteiger partial charge in [-0.2, -0.15) is 0 Å². The average Bonchev–Trinajstić information content (AvgIpc) is 3.16. The van der Waals surface area contributed by atoms with Crippen molar-refractivity contribution in [1.29, 1.82) is 0 Å². The molecular formula is C33H43Cl2FN2O2. The zero-order valence-corrected chi connectivity index (χ0v) is 25.1. The first kappa shape index (κ1) is 32.4. The Balaban J connectivity index is 0.00000220. The number of hydrogen-bond donors (Lipinski definition) is 1. The smallest absolute Gasteiger partial charge is 0.123 e. The quantitative estimate of drug-likeness (QED) is 0.292. The van der Waals surface area contributed by atoms with Crippen LogP contribution in [0.3, 0.4) is 0 Å². The number of halogens is 3. The Morgan fingerprint density at radius 3 is 2.00 bits per heavy atom. The van der Waals surface area contributed by atoms with E-state index in [1.165, 1.54) is 29.5 Å². The first-order valence-corrected chi connectivity index (χ1v) is 14.2. The summed E-state index contributed by atoms with van der Waals surface area (Å²) in [5, 5.41) is 11.0. The lowest BCUT2D eigenvalue weighted by molar-refractivity contribution is 0.132. The number of aliphatic hydroxyl groups is 1. The summed E-state index contributed by atoms with van der Waals surface area (Å²) in [6.07, 6.45) is 5.94. The van der Waals surface area contributed by atoms with E-state index >= 15 is 0 Å². The first-order valence-electron chi connectivity index (χ1n) is 14.2. The molecule has 2 heterocycles. The second kappa shape index (κ2) is 15.7. The molecule has 218 valence electrons. The van der Waals surface area contributed by atoms with E-state index in [0.29, 0.717) is 5.92 Å². The molecule has 0 spiro atoms. The first-order chi connectivity index (χ1) is 18.6. The zero-order chi connectivity index (χ0) is 26.3. The van der Waals surface area contributed by atoms with Crippen molar-refractivity contribution in [3.63, 3.8) is 0 Å². The summed E-state index contributed by atoms with van der Waals surface area (Å²) in [7, 11) is 1.70. The molecule has 0 saturated carbocycles. The van der Waals surface area contributed by atoms with Crippen LogP contribution in [0.4, 0.5) is 4.39 Å². The second-order valence-electron chi connectivity index (χ2n) is 11.1. The van der Waals surface area contributed by atoms with Gasteiger partial charge in [-0.1, -0.05) is 42.5 Å². The van der Waals surface area contributed by atoms with Gasteiger partial charge in [0.15, 0.2) is 0 Å². The third-order valence-electron chi connectivity index (χ3n) is 8.45. The maximum absolute atomic E-state index is 13.2. The monoisotopic (exact) mass is 588 g/mol. The SMILES string of the molecule is COc1ccc(CN2CCC(CCC(O)c3ccc4c(c3)CCN(Cc3ccc(F)cc3)CC4)CC2)cc1.Cl.Cl. The molecule has 0 bridgehead atoms. The fourth-order valence-corrected chi connectivity index (χ4v) is 5.99. The van der Waals surface area contributed by atoms with Gasteiger partial charge in [-0.25, -0.2) is 4.39 Å². The van der Waals surface area contributed by atoms with Crippen molar-refractivity contribution in [3.05, 3.63) is 100 Å². The van der Waals surface area contributed by atoms with Crippen molar-refractivity contribution in [3.8, 4) is 5.75 Å². The summed E-state index contributed by atoms with van der Waals surface area (Å²) in [6, 6.07) is 21.9. The van der Waals surface area contributed by atoms with E-state index < -0.39 is 6.10 Å². The van der Waals surface area contributed by atoms with Crippen molar-refractivity contribution in [2.24, 2.45) is 5.92 Å². The number of nitrogens with zero attached hydrogens (tertiary/aromatic N) is 2. The maximum atomic E-state index is 13.2. The van der Waals surface area contributed by atoms with E-state index in [9.17, 15) is 9.50 Å². The van der Waals surface area contributed by atoms with Gasteiger partial charge in [0, 0.05) is 26.2 Å². The molecule has 3 aromatic carbocycles. The number of fused-ring (bicyclic) bond motifs is 1. The van der Waals surface area contributed by atoms with Crippen molar-refractivity contribution in [2.75, 3.05) is 33.3 Å². The van der Waals surface area contributed by atoms with Gasteiger partial charge in [-0.05, 0) is 110 Å². The number of piperidine rings is 1. The fourth-order valence-electron chi connectivity index (χ4n) is 5.99. The number of rotatable bonds is 9. The minimum Gasteiger partial charge on any atom is -0.497 e. The molecule has 40 heavy (non-hydrogen) atoms. The fraction of sp³-hybridized carbons (Fsp3) is 0.455. The molecule has 0 aliphatic carbocycles. The normalized spacial score (nSPS) is 17.2. The van der Waals surface area contributed by atoms with E-state index in [2.05, 4.69) is 40.1 Å². The van der Waals surface area contributed by atoms with Gasteiger partial charge in [0.25, 0.3) is 0 Å². The summed E-state index contributed by atoms with van der Waals surface area (Å²) < 4.78 is 18.5. The predicted octanol–water partition coefficient (Wildman–Crippen LogP) is 7.00. The lowest BCUT2D eigenvalue weighted by atomic mass is 9.89. The average molecular weight is 590 g/mol. The molecule has 3 aromatic rings. The highest BCUT2D eigenvalue weighted by Crippen LogP contribution is 2.29. The minimum absolute atomic E-state index is 0. The highest BCUT2D eigenvalue weighted by Gasteiger charge is 2.21. The van der Waals surface area contributed by atoms with Gasteiger partial charge in [0.1, 0.15) is 11.6 Å². The van der Waals surface area contributed by atoms with Gasteiger partial charge in [-0.15, -0.1) is 24.8 Å². The van der Waals surface area contributed by atoms with Crippen molar-refractivity contribution in [2.45, 2.75) is 57.7 Å². The Morgan fingerprint density at radius 2 is 1.38 bits per heavy atom. The third kappa shape index (κ3) is 8.92. The molecule has 1 saturated heterocycles. The van der Waals surface area contributed by atoms with E-state index in [4.69, 9.17) is 4.74 Å². The number of methoxy groups -OCH3 is 1. The Hall–Kier alpha value is -2.15. The van der Waals surface area contributed by atoms with Crippen LogP contribution < -0.4 is 4.74 Å². The van der Waals surface area contributed by atoms with Crippen LogP contribution in [0.15, 0.2) is 66.7 Å². The number of benzene rings is 3. The maximum Gasteiger partial charge on any atom is 0.123 e. The lowest BCUT2D eigenvalue weighted by Crippen LogP contribution is -2.33. The molecule has 0 aromatic heterocycles. The van der Waals surface area contributed by atoms with Gasteiger partial charge in [0.2, 0.25) is 0 Å². The summed E-state index contributed by atoms with van der Waals surface area (Å²) in [5.74, 6) is 1.42. The molecule has 1 fully saturated rings. The second-order valence-corrected chi connectivity index (χ2v) is 11.1. The Labute approximate surface area is 251 Å². The van der Waals surface area contributed by atoms with Crippen LogP contribution in [0.5, 0.6) is 5.75 Å². The summed E-state index contributed by atoms with van der Waals surface area (Å²) in [4.78, 5) is 4.99. The minimum atomic E-state index is -0.392. The molecule has 2 aliphatic rings. The molecule has 0 amide bonds. The molecule has 0 radical (unpaired) electrons. The number of aliphatic hydroxyl groups excluding tert-OH is 1. The van der Waals surface area contributed by atoms with E-state index in [0.717, 1.165) is 81.8 Å². The van der Waals surface area contributed by atoms with Crippen molar-refractivity contribution >= 4 is 24.8 Å². The summed E-state index contributed by atoms with van der Waals surface area (Å²) in [5.41, 5.74) is 6.32. The Morgan fingerprint density at radius 1 is 0.800 bits per heavy atom. The van der Waals surface area contributed by atoms with Crippen LogP contribution in [0.2, 0.25) is 0 Å². The molecule has 1 N–H and O–H groups in total. The van der Waals surface area contributed by atoms with Crippen molar-refractivity contribution < 1.29 is 14.2 Å². The Kier molecular flexibility index (Phi) is 12.7. The van der Waals surface area contributed by atoms with Crippen LogP contribution in [-0.4, -0.2) is 48.2 Å². The van der Waals surface area contributed by atoms with Gasteiger partial charge in [-0.3, -0.25) is 9.80 Å². The van der Waals surface area contributed by atoms with Gasteiger partial charge >= 0.3 is 0 Å². The van der Waals surface area contributed by atoms with Crippen LogP contribution >= 0.6 is 24.8 Å². The topological polar surface area (TPSA) is 35.9 Å². The van der Waals surface area contributed by atoms with Crippen LogP contribution in [0.25, 0.3) is 0 Å². The largest absolute Gasteiger partial charge is 0.497 e. The van der Waals surface area contributed by atoms with Gasteiger partial charge < -0.3 is 9.84 Å². The summed E-state index contributed by atoms with van der Waals surface area (Å²) >= 11 is 0. The standard InChI is InChI=1S/C33H41FN2O2.2ClH/c1-38-32-11-4-27(5-12-32)24-35-18-14-25(15-19-35)6-13-33(37)30-8-7-28-16-20-36(21-17-29(28)22-30)23-26-2-9-31(34)10-3-26;;/h2-5,7-12,22,25,33,37H,6,13-21,23-24H2,1H3;2*1H. The molecule has 1 unspecified atom stereocenters. The number of ether oxygens (including phenoxy) is 1. The lowest BCUT2D eigenvalue weighted by Gasteiger charge is -2.32. The zero-order valence-electron chi connectivity index (χ0n) is 23.4. The Bertz CT molecular complexity index is 1170. The highest BCUT2D eigenvalue weighted by molar-refractivity contribution is 5.85.